The minimum Gasteiger partial charge on any atom is -0.162 e. The van der Waals surface area contributed by atoms with E-state index < -0.39 is 0 Å². The largest absolute Gasteiger partial charge is 0.162 e. The van der Waals surface area contributed by atoms with Gasteiger partial charge in [0.15, 0.2) is 0 Å². The van der Waals surface area contributed by atoms with Crippen molar-refractivity contribution in [2.75, 3.05) is 11.5 Å². The second-order valence-electron chi connectivity index (χ2n) is 4.13. The van der Waals surface area contributed by atoms with Gasteiger partial charge in [0.25, 0.3) is 0 Å². The first-order chi connectivity index (χ1) is 7.75. The molecule has 0 radical (unpaired) electrons. The Morgan fingerprint density at radius 3 is 2.56 bits per heavy atom. The third-order valence-electron chi connectivity index (χ3n) is 2.77. The van der Waals surface area contributed by atoms with Crippen molar-refractivity contribution in [2.24, 2.45) is 5.92 Å². The van der Waals surface area contributed by atoms with E-state index in [0.29, 0.717) is 10.7 Å². The van der Waals surface area contributed by atoms with Gasteiger partial charge in [-0.3, -0.25) is 0 Å². The van der Waals surface area contributed by atoms with Crippen molar-refractivity contribution in [2.45, 2.75) is 31.5 Å². The summed E-state index contributed by atoms with van der Waals surface area (Å²) in [7, 11) is 0. The molecule has 0 aliphatic carbocycles. The number of benzene rings is 1. The van der Waals surface area contributed by atoms with Crippen LogP contribution in [0.25, 0.3) is 0 Å². The van der Waals surface area contributed by atoms with Gasteiger partial charge >= 0.3 is 0 Å². The summed E-state index contributed by atoms with van der Waals surface area (Å²) in [5.41, 5.74) is 1.40. The van der Waals surface area contributed by atoms with E-state index in [1.807, 2.05) is 11.8 Å². The fraction of sp³-hybridized carbons (Fsp3) is 0.571. The topological polar surface area (TPSA) is 0 Å². The van der Waals surface area contributed by atoms with Crippen LogP contribution in [0, 0.1) is 5.92 Å². The van der Waals surface area contributed by atoms with Crippen LogP contribution < -0.4 is 0 Å². The smallest absolute Gasteiger partial charge is 0.0420 e. The molecule has 0 saturated carbocycles. The zero-order valence-corrected chi connectivity index (χ0v) is 12.6. The summed E-state index contributed by atoms with van der Waals surface area (Å²) >= 11 is 5.86. The van der Waals surface area contributed by atoms with Crippen LogP contribution in [0.15, 0.2) is 30.3 Å². The average Bonchev–Trinajstić information content (AvgIpc) is 2.34. The zero-order valence-electron chi connectivity index (χ0n) is 10.2. The van der Waals surface area contributed by atoms with Crippen molar-refractivity contribution in [3.05, 3.63) is 35.9 Å². The number of rotatable bonds is 7. The van der Waals surface area contributed by atoms with E-state index in [4.69, 9.17) is 0 Å². The van der Waals surface area contributed by atoms with E-state index in [1.54, 1.807) is 0 Å². The van der Waals surface area contributed by atoms with Crippen LogP contribution in [0.5, 0.6) is 0 Å². The molecule has 0 aromatic heterocycles. The van der Waals surface area contributed by atoms with Crippen molar-refractivity contribution in [3.8, 4) is 0 Å². The van der Waals surface area contributed by atoms with Gasteiger partial charge in [0.2, 0.25) is 0 Å². The number of alkyl halides is 1. The zero-order chi connectivity index (χ0) is 11.8. The Kier molecular flexibility index (Phi) is 7.22. The molecule has 1 aromatic carbocycles. The molecule has 2 unspecified atom stereocenters. The van der Waals surface area contributed by atoms with Gasteiger partial charge in [0.1, 0.15) is 0 Å². The van der Waals surface area contributed by atoms with Crippen molar-refractivity contribution >= 4 is 27.7 Å². The third kappa shape index (κ3) is 4.92. The first-order valence-corrected chi connectivity index (χ1v) is 8.09. The predicted molar refractivity (Wildman–Crippen MR) is 79.5 cm³/mol. The SMILES string of the molecule is CCSCCCC(C)C(Br)c1ccccc1. The minimum absolute atomic E-state index is 0.500. The summed E-state index contributed by atoms with van der Waals surface area (Å²) in [6.07, 6.45) is 2.63. The summed E-state index contributed by atoms with van der Waals surface area (Å²) in [5, 5.41) is 0. The summed E-state index contributed by atoms with van der Waals surface area (Å²) < 4.78 is 0. The van der Waals surface area contributed by atoms with Gasteiger partial charge in [-0.2, -0.15) is 11.8 Å². The highest BCUT2D eigenvalue weighted by atomic mass is 79.9. The molecular weight excluding hydrogens is 280 g/mol. The standard InChI is InChI=1S/C14H21BrS/c1-3-16-11-7-8-12(2)14(15)13-9-5-4-6-10-13/h4-6,9-10,12,14H,3,7-8,11H2,1-2H3. The molecule has 16 heavy (non-hydrogen) atoms. The molecule has 2 heteroatoms. The first kappa shape index (κ1) is 14.1. The number of thioether (sulfide) groups is 1. The number of halogens is 1. The molecule has 1 rings (SSSR count). The molecule has 2 atom stereocenters. The maximum absolute atomic E-state index is 3.81. The lowest BCUT2D eigenvalue weighted by Gasteiger charge is -2.18. The Balaban J connectivity index is 2.33. The van der Waals surface area contributed by atoms with Gasteiger partial charge in [-0.25, -0.2) is 0 Å². The van der Waals surface area contributed by atoms with E-state index >= 15 is 0 Å². The maximum Gasteiger partial charge on any atom is 0.0420 e. The van der Waals surface area contributed by atoms with Gasteiger partial charge in [-0.1, -0.05) is 60.1 Å². The van der Waals surface area contributed by atoms with Crippen molar-refractivity contribution < 1.29 is 0 Å². The van der Waals surface area contributed by atoms with Gasteiger partial charge in [-0.05, 0) is 35.8 Å². The fourth-order valence-corrected chi connectivity index (χ4v) is 2.99. The highest BCUT2D eigenvalue weighted by molar-refractivity contribution is 9.09. The van der Waals surface area contributed by atoms with Crippen molar-refractivity contribution in [1.29, 1.82) is 0 Å². The van der Waals surface area contributed by atoms with Gasteiger partial charge in [0.05, 0.1) is 0 Å². The summed E-state index contributed by atoms with van der Waals surface area (Å²) in [5.74, 6) is 3.25. The second kappa shape index (κ2) is 8.19. The van der Waals surface area contributed by atoms with Crippen LogP contribution in [0.4, 0.5) is 0 Å². The van der Waals surface area contributed by atoms with Gasteiger partial charge in [0, 0.05) is 4.83 Å². The minimum atomic E-state index is 0.500. The monoisotopic (exact) mass is 300 g/mol. The molecule has 90 valence electrons. The summed E-state index contributed by atoms with van der Waals surface area (Å²) in [4.78, 5) is 0.500. The van der Waals surface area contributed by atoms with Gasteiger partial charge in [-0.15, -0.1) is 0 Å². The second-order valence-corrected chi connectivity index (χ2v) is 6.51. The molecule has 0 N–H and O–H groups in total. The van der Waals surface area contributed by atoms with Crippen molar-refractivity contribution in [3.63, 3.8) is 0 Å². The maximum atomic E-state index is 3.81. The van der Waals surface area contributed by atoms with Crippen LogP contribution in [0.3, 0.4) is 0 Å². The van der Waals surface area contributed by atoms with Crippen LogP contribution in [0.1, 0.15) is 37.1 Å². The Hall–Kier alpha value is 0.0500. The molecule has 0 amide bonds. The molecule has 0 bridgehead atoms. The Bertz CT molecular complexity index is 273. The molecule has 0 aliphatic rings. The lowest BCUT2D eigenvalue weighted by molar-refractivity contribution is 0.521. The fourth-order valence-electron chi connectivity index (χ4n) is 1.76. The molecule has 0 spiro atoms. The number of hydrogen-bond acceptors (Lipinski definition) is 1. The highest BCUT2D eigenvalue weighted by Crippen LogP contribution is 2.33. The summed E-state index contributed by atoms with van der Waals surface area (Å²) in [6.45, 7) is 4.56. The van der Waals surface area contributed by atoms with E-state index in [-0.39, 0.29) is 0 Å². The molecule has 0 fully saturated rings. The average molecular weight is 301 g/mol. The van der Waals surface area contributed by atoms with E-state index in [1.165, 1.54) is 29.9 Å². The van der Waals surface area contributed by atoms with E-state index in [2.05, 4.69) is 60.1 Å². The summed E-state index contributed by atoms with van der Waals surface area (Å²) in [6, 6.07) is 10.7. The Morgan fingerprint density at radius 1 is 1.25 bits per heavy atom. The predicted octanol–water partition coefficient (Wildman–Crippen LogP) is 5.29. The Morgan fingerprint density at radius 2 is 1.94 bits per heavy atom. The molecule has 0 nitrogen and oxygen atoms in total. The molecule has 0 heterocycles. The van der Waals surface area contributed by atoms with Crippen LogP contribution in [-0.4, -0.2) is 11.5 Å². The Labute approximate surface area is 112 Å². The van der Waals surface area contributed by atoms with E-state index in [9.17, 15) is 0 Å². The van der Waals surface area contributed by atoms with E-state index in [0.717, 1.165) is 0 Å². The lowest BCUT2D eigenvalue weighted by Crippen LogP contribution is -2.04. The van der Waals surface area contributed by atoms with Crippen LogP contribution in [-0.2, 0) is 0 Å². The molecule has 1 aromatic rings. The quantitative estimate of drug-likeness (QED) is 0.487. The first-order valence-electron chi connectivity index (χ1n) is 6.02. The molecule has 0 aliphatic heterocycles. The lowest BCUT2D eigenvalue weighted by atomic mass is 9.97. The van der Waals surface area contributed by atoms with Crippen LogP contribution >= 0.6 is 27.7 Å². The van der Waals surface area contributed by atoms with Crippen molar-refractivity contribution in [1.82, 2.24) is 0 Å². The third-order valence-corrected chi connectivity index (χ3v) is 5.19. The molecule has 0 saturated heterocycles. The normalized spacial score (nSPS) is 14.7. The highest BCUT2D eigenvalue weighted by Gasteiger charge is 2.15. The molecular formula is C14H21BrS. The van der Waals surface area contributed by atoms with Crippen LogP contribution in [0.2, 0.25) is 0 Å². The van der Waals surface area contributed by atoms with Gasteiger partial charge < -0.3 is 0 Å². The number of hydrogen-bond donors (Lipinski definition) is 0.